The maximum atomic E-state index is 12.3. The van der Waals surface area contributed by atoms with Crippen LogP contribution in [0.4, 0.5) is 18.9 Å². The topological polar surface area (TPSA) is 43.4 Å². The molecule has 2 aromatic rings. The molecule has 0 unspecified atom stereocenters. The van der Waals surface area contributed by atoms with Gasteiger partial charge >= 0.3 is 6.18 Å². The highest BCUT2D eigenvalue weighted by Gasteiger charge is 2.28. The molecule has 0 fully saturated rings. The van der Waals surface area contributed by atoms with Gasteiger partial charge in [0, 0.05) is 25.2 Å². The number of pyridine rings is 1. The van der Waals surface area contributed by atoms with E-state index in [2.05, 4.69) is 10.3 Å². The number of rotatable bonds is 5. The molecule has 1 N–H and O–H groups in total. The van der Waals surface area contributed by atoms with Gasteiger partial charge in [-0.05, 0) is 12.1 Å². The normalized spacial score (nSPS) is 11.7. The largest absolute Gasteiger partial charge is 0.482 e. The fourth-order valence-corrected chi connectivity index (χ4v) is 1.98. The lowest BCUT2D eigenvalue weighted by Crippen LogP contribution is -2.19. The van der Waals surface area contributed by atoms with Gasteiger partial charge in [-0.2, -0.15) is 13.2 Å². The minimum Gasteiger partial charge on any atom is -0.482 e. The van der Waals surface area contributed by atoms with Crippen LogP contribution in [0.1, 0.15) is 5.69 Å². The van der Waals surface area contributed by atoms with E-state index in [0.29, 0.717) is 16.6 Å². The van der Waals surface area contributed by atoms with Crippen molar-refractivity contribution in [2.45, 2.75) is 12.8 Å². The van der Waals surface area contributed by atoms with Crippen molar-refractivity contribution >= 4 is 16.6 Å². The SMILES string of the molecule is CNc1cc(COC)nc2c(OCC(F)(F)F)cccc12. The number of hydrogen-bond donors (Lipinski definition) is 1. The summed E-state index contributed by atoms with van der Waals surface area (Å²) in [7, 11) is 3.26. The van der Waals surface area contributed by atoms with Crippen LogP contribution in [-0.2, 0) is 11.3 Å². The number of anilines is 1. The molecule has 4 nitrogen and oxygen atoms in total. The Morgan fingerprint density at radius 1 is 1.29 bits per heavy atom. The van der Waals surface area contributed by atoms with Gasteiger partial charge in [0.1, 0.15) is 11.3 Å². The average molecular weight is 300 g/mol. The molecule has 1 aromatic heterocycles. The second-order valence-electron chi connectivity index (χ2n) is 4.40. The van der Waals surface area contributed by atoms with Gasteiger partial charge in [0.2, 0.25) is 0 Å². The number of fused-ring (bicyclic) bond motifs is 1. The van der Waals surface area contributed by atoms with Crippen LogP contribution in [0.5, 0.6) is 5.75 Å². The first-order valence-corrected chi connectivity index (χ1v) is 6.23. The molecule has 2 rings (SSSR count). The Hall–Kier alpha value is -2.02. The van der Waals surface area contributed by atoms with Gasteiger partial charge in [-0.25, -0.2) is 4.98 Å². The number of benzene rings is 1. The molecular formula is C14H15F3N2O2. The molecule has 0 aliphatic carbocycles. The summed E-state index contributed by atoms with van der Waals surface area (Å²) < 4.78 is 46.8. The van der Waals surface area contributed by atoms with E-state index in [-0.39, 0.29) is 12.4 Å². The van der Waals surface area contributed by atoms with Crippen LogP contribution in [0.15, 0.2) is 24.3 Å². The molecule has 0 saturated carbocycles. The molecule has 0 saturated heterocycles. The van der Waals surface area contributed by atoms with Crippen molar-refractivity contribution in [1.82, 2.24) is 4.98 Å². The van der Waals surface area contributed by atoms with E-state index in [1.807, 2.05) is 0 Å². The summed E-state index contributed by atoms with van der Waals surface area (Å²) in [6.45, 7) is -1.09. The summed E-state index contributed by atoms with van der Waals surface area (Å²) in [4.78, 5) is 4.32. The van der Waals surface area contributed by atoms with Crippen LogP contribution in [0.3, 0.4) is 0 Å². The number of para-hydroxylation sites is 1. The standard InChI is InChI=1S/C14H15F3N2O2/c1-18-11-6-9(7-20-2)19-13-10(11)4-3-5-12(13)21-8-14(15,16)17/h3-6H,7-8H2,1-2H3,(H,18,19). The highest BCUT2D eigenvalue weighted by atomic mass is 19.4. The Bertz CT molecular complexity index is 629. The van der Waals surface area contributed by atoms with Crippen LogP contribution < -0.4 is 10.1 Å². The van der Waals surface area contributed by atoms with E-state index < -0.39 is 12.8 Å². The summed E-state index contributed by atoms with van der Waals surface area (Å²) >= 11 is 0. The molecule has 0 aliphatic rings. The molecule has 114 valence electrons. The summed E-state index contributed by atoms with van der Waals surface area (Å²) in [5.74, 6) is 0.0966. The van der Waals surface area contributed by atoms with Crippen molar-refractivity contribution in [3.05, 3.63) is 30.0 Å². The predicted octanol–water partition coefficient (Wildman–Crippen LogP) is 3.36. The summed E-state index contributed by atoms with van der Waals surface area (Å²) in [6, 6.07) is 6.66. The van der Waals surface area contributed by atoms with E-state index >= 15 is 0 Å². The Labute approximate surface area is 119 Å². The Balaban J connectivity index is 2.48. The van der Waals surface area contributed by atoms with Crippen LogP contribution in [0.2, 0.25) is 0 Å². The summed E-state index contributed by atoms with van der Waals surface area (Å²) in [5, 5.41) is 3.69. The van der Waals surface area contributed by atoms with Crippen molar-refractivity contribution in [2.24, 2.45) is 0 Å². The number of nitrogens with zero attached hydrogens (tertiary/aromatic N) is 1. The van der Waals surface area contributed by atoms with Crippen LogP contribution in [0.25, 0.3) is 10.9 Å². The zero-order valence-corrected chi connectivity index (χ0v) is 11.6. The van der Waals surface area contributed by atoms with Crippen LogP contribution in [0, 0.1) is 0 Å². The van der Waals surface area contributed by atoms with E-state index in [1.54, 1.807) is 25.2 Å². The maximum Gasteiger partial charge on any atom is 0.422 e. The number of aromatic nitrogens is 1. The first-order valence-electron chi connectivity index (χ1n) is 6.23. The van der Waals surface area contributed by atoms with Crippen molar-refractivity contribution in [2.75, 3.05) is 26.1 Å². The Kier molecular flexibility index (Phi) is 4.52. The molecule has 1 aromatic carbocycles. The lowest BCUT2D eigenvalue weighted by molar-refractivity contribution is -0.153. The van der Waals surface area contributed by atoms with E-state index in [9.17, 15) is 13.2 Å². The molecule has 0 spiro atoms. The number of halogens is 3. The van der Waals surface area contributed by atoms with Gasteiger partial charge in [-0.15, -0.1) is 0 Å². The molecule has 0 radical (unpaired) electrons. The second-order valence-corrected chi connectivity index (χ2v) is 4.40. The lowest BCUT2D eigenvalue weighted by Gasteiger charge is -2.14. The molecule has 0 atom stereocenters. The van der Waals surface area contributed by atoms with Gasteiger partial charge < -0.3 is 14.8 Å². The number of ether oxygens (including phenoxy) is 2. The van der Waals surface area contributed by atoms with E-state index in [1.165, 1.54) is 13.2 Å². The smallest absolute Gasteiger partial charge is 0.422 e. The third-order valence-electron chi connectivity index (χ3n) is 2.81. The van der Waals surface area contributed by atoms with Crippen LogP contribution >= 0.6 is 0 Å². The first-order chi connectivity index (χ1) is 9.94. The summed E-state index contributed by atoms with van der Waals surface area (Å²) in [6.07, 6.45) is -4.39. The van der Waals surface area contributed by atoms with Gasteiger partial charge in [0.15, 0.2) is 6.61 Å². The third kappa shape index (κ3) is 3.75. The summed E-state index contributed by atoms with van der Waals surface area (Å²) in [5.41, 5.74) is 1.74. The number of methoxy groups -OCH3 is 1. The zero-order chi connectivity index (χ0) is 15.5. The number of hydrogen-bond acceptors (Lipinski definition) is 4. The molecule has 7 heteroatoms. The third-order valence-corrected chi connectivity index (χ3v) is 2.81. The minimum atomic E-state index is -4.39. The average Bonchev–Trinajstić information content (AvgIpc) is 2.43. The predicted molar refractivity (Wildman–Crippen MR) is 73.6 cm³/mol. The molecule has 21 heavy (non-hydrogen) atoms. The highest BCUT2D eigenvalue weighted by molar-refractivity contribution is 5.95. The van der Waals surface area contributed by atoms with Gasteiger partial charge in [-0.1, -0.05) is 12.1 Å². The second kappa shape index (κ2) is 6.17. The van der Waals surface area contributed by atoms with Gasteiger partial charge in [-0.3, -0.25) is 0 Å². The first kappa shape index (κ1) is 15.4. The number of nitrogens with one attached hydrogen (secondary N) is 1. The lowest BCUT2D eigenvalue weighted by atomic mass is 10.1. The fraction of sp³-hybridized carbons (Fsp3) is 0.357. The fourth-order valence-electron chi connectivity index (χ4n) is 1.98. The Morgan fingerprint density at radius 3 is 2.67 bits per heavy atom. The maximum absolute atomic E-state index is 12.3. The highest BCUT2D eigenvalue weighted by Crippen LogP contribution is 2.31. The molecule has 0 bridgehead atoms. The van der Waals surface area contributed by atoms with Crippen LogP contribution in [-0.4, -0.2) is 31.9 Å². The van der Waals surface area contributed by atoms with Gasteiger partial charge in [0.25, 0.3) is 0 Å². The zero-order valence-electron chi connectivity index (χ0n) is 11.6. The molecular weight excluding hydrogens is 285 g/mol. The van der Waals surface area contributed by atoms with E-state index in [4.69, 9.17) is 9.47 Å². The number of alkyl halides is 3. The molecule has 0 amide bonds. The minimum absolute atomic E-state index is 0.0966. The molecule has 0 aliphatic heterocycles. The van der Waals surface area contributed by atoms with Crippen molar-refractivity contribution in [1.29, 1.82) is 0 Å². The van der Waals surface area contributed by atoms with E-state index in [0.717, 1.165) is 5.69 Å². The quantitative estimate of drug-likeness (QED) is 0.919. The van der Waals surface area contributed by atoms with Crippen molar-refractivity contribution in [3.8, 4) is 5.75 Å². The van der Waals surface area contributed by atoms with Crippen molar-refractivity contribution in [3.63, 3.8) is 0 Å². The Morgan fingerprint density at radius 2 is 2.05 bits per heavy atom. The monoisotopic (exact) mass is 300 g/mol. The molecule has 1 heterocycles. The van der Waals surface area contributed by atoms with Gasteiger partial charge in [0.05, 0.1) is 12.3 Å². The van der Waals surface area contributed by atoms with Crippen molar-refractivity contribution < 1.29 is 22.6 Å².